The number of carbonyl (C=O) groups excluding carboxylic acids is 2. The van der Waals surface area contributed by atoms with Gasteiger partial charge in [0.1, 0.15) is 5.69 Å². The molecule has 1 atom stereocenters. The van der Waals surface area contributed by atoms with E-state index in [9.17, 15) is 19.7 Å². The van der Waals surface area contributed by atoms with E-state index in [2.05, 4.69) is 16.7 Å². The van der Waals surface area contributed by atoms with Crippen LogP contribution in [0.5, 0.6) is 0 Å². The molecule has 0 saturated carbocycles. The Morgan fingerprint density at radius 2 is 2.11 bits per heavy atom. The molecule has 1 aliphatic carbocycles. The summed E-state index contributed by atoms with van der Waals surface area (Å²) in [4.78, 5) is 34.8. The molecule has 0 unspecified atom stereocenters. The molecule has 2 N–H and O–H groups in total. The van der Waals surface area contributed by atoms with E-state index in [-0.39, 0.29) is 17.2 Å². The maximum Gasteiger partial charge on any atom is 0.339 e. The van der Waals surface area contributed by atoms with Crippen molar-refractivity contribution in [3.05, 3.63) is 45.5 Å². The molecule has 0 radical (unpaired) electrons. The third-order valence-electron chi connectivity index (χ3n) is 4.48. The van der Waals surface area contributed by atoms with Crippen LogP contribution in [-0.4, -0.2) is 36.5 Å². The Morgan fingerprint density at radius 1 is 1.33 bits per heavy atom. The van der Waals surface area contributed by atoms with E-state index in [0.29, 0.717) is 12.2 Å². The van der Waals surface area contributed by atoms with Gasteiger partial charge in [-0.2, -0.15) is 0 Å². The van der Waals surface area contributed by atoms with Gasteiger partial charge in [-0.1, -0.05) is 11.6 Å². The minimum Gasteiger partial charge on any atom is -0.449 e. The van der Waals surface area contributed by atoms with Gasteiger partial charge >= 0.3 is 5.97 Å². The average Bonchev–Trinajstić information content (AvgIpc) is 2.67. The summed E-state index contributed by atoms with van der Waals surface area (Å²) < 4.78 is 5.14. The number of nitro benzene ring substituents is 1. The van der Waals surface area contributed by atoms with Crippen molar-refractivity contribution >= 4 is 23.3 Å². The van der Waals surface area contributed by atoms with Crippen LogP contribution in [0.1, 0.15) is 49.4 Å². The lowest BCUT2D eigenvalue weighted by atomic mass is 9.97. The highest BCUT2D eigenvalue weighted by molar-refractivity contribution is 5.93. The van der Waals surface area contributed by atoms with Crippen LogP contribution in [0, 0.1) is 10.1 Å². The van der Waals surface area contributed by atoms with E-state index in [0.717, 1.165) is 25.3 Å². The number of nitrogens with one attached hydrogen (secondary N) is 2. The third-order valence-corrected chi connectivity index (χ3v) is 4.48. The molecule has 0 aliphatic heterocycles. The Morgan fingerprint density at radius 3 is 2.74 bits per heavy atom. The van der Waals surface area contributed by atoms with Gasteiger partial charge in [0.25, 0.3) is 11.6 Å². The van der Waals surface area contributed by atoms with Crippen molar-refractivity contribution in [2.75, 3.05) is 18.9 Å². The molecule has 0 bridgehead atoms. The molecule has 2 rings (SSSR count). The molecule has 1 amide bonds. The summed E-state index contributed by atoms with van der Waals surface area (Å²) >= 11 is 0. The number of benzene rings is 1. The second kappa shape index (κ2) is 9.70. The number of nitrogens with zero attached hydrogens (tertiary/aromatic N) is 1. The first-order chi connectivity index (χ1) is 12.9. The summed E-state index contributed by atoms with van der Waals surface area (Å²) in [7, 11) is 1.55. The Bertz CT molecular complexity index is 745. The highest BCUT2D eigenvalue weighted by atomic mass is 16.6. The molecular weight excluding hydrogens is 350 g/mol. The Hall–Kier alpha value is -2.90. The van der Waals surface area contributed by atoms with Crippen molar-refractivity contribution in [2.24, 2.45) is 0 Å². The molecule has 1 aliphatic rings. The molecule has 146 valence electrons. The predicted octanol–water partition coefficient (Wildman–Crippen LogP) is 3.19. The van der Waals surface area contributed by atoms with Crippen molar-refractivity contribution < 1.29 is 19.2 Å². The van der Waals surface area contributed by atoms with Crippen molar-refractivity contribution in [3.8, 4) is 0 Å². The van der Waals surface area contributed by atoms with E-state index in [1.54, 1.807) is 7.05 Å². The van der Waals surface area contributed by atoms with Crippen LogP contribution in [0.2, 0.25) is 0 Å². The second-order valence-corrected chi connectivity index (χ2v) is 6.44. The molecule has 0 fully saturated rings. The fourth-order valence-corrected chi connectivity index (χ4v) is 2.92. The second-order valence-electron chi connectivity index (χ2n) is 6.44. The molecule has 1 aromatic rings. The largest absolute Gasteiger partial charge is 0.449 e. The highest BCUT2D eigenvalue weighted by Gasteiger charge is 2.22. The zero-order valence-corrected chi connectivity index (χ0v) is 15.6. The summed E-state index contributed by atoms with van der Waals surface area (Å²) in [5.41, 5.74) is 1.43. The van der Waals surface area contributed by atoms with Gasteiger partial charge in [0, 0.05) is 19.7 Å². The fraction of sp³-hybridized carbons (Fsp3) is 0.474. The zero-order valence-electron chi connectivity index (χ0n) is 15.6. The number of esters is 1. The van der Waals surface area contributed by atoms with Gasteiger partial charge in [0.15, 0.2) is 6.10 Å². The van der Waals surface area contributed by atoms with E-state index in [1.807, 2.05) is 0 Å². The Balaban J connectivity index is 1.88. The number of ether oxygens (including phenoxy) is 1. The average molecular weight is 375 g/mol. The van der Waals surface area contributed by atoms with E-state index >= 15 is 0 Å². The van der Waals surface area contributed by atoms with E-state index < -0.39 is 17.0 Å². The summed E-state index contributed by atoms with van der Waals surface area (Å²) in [5.74, 6) is -1.17. The van der Waals surface area contributed by atoms with Crippen molar-refractivity contribution in [3.63, 3.8) is 0 Å². The maximum atomic E-state index is 12.2. The molecule has 0 aromatic heterocycles. The highest BCUT2D eigenvalue weighted by Crippen LogP contribution is 2.25. The van der Waals surface area contributed by atoms with Crippen LogP contribution in [0.25, 0.3) is 0 Å². The molecular formula is C19H25N3O5. The van der Waals surface area contributed by atoms with Gasteiger partial charge in [-0.25, -0.2) is 4.79 Å². The smallest absolute Gasteiger partial charge is 0.339 e. The van der Waals surface area contributed by atoms with Crippen molar-refractivity contribution in [2.45, 2.75) is 45.1 Å². The standard InChI is InChI=1S/C19H25N3O5/c1-13(18(23)21-11-10-14-6-4-3-5-7-14)27-19(24)15-8-9-16(20-2)17(12-15)22(25)26/h6,8-9,12-13,20H,3-5,7,10-11H2,1-2H3,(H,21,23)/t13-/m1/s1. The van der Waals surface area contributed by atoms with Crippen molar-refractivity contribution in [1.82, 2.24) is 5.32 Å². The first-order valence-corrected chi connectivity index (χ1v) is 9.05. The molecule has 0 saturated heterocycles. The number of hydrogen-bond acceptors (Lipinski definition) is 6. The number of anilines is 1. The van der Waals surface area contributed by atoms with E-state index in [4.69, 9.17) is 4.74 Å². The monoisotopic (exact) mass is 375 g/mol. The third kappa shape index (κ3) is 5.80. The molecule has 0 heterocycles. The van der Waals surface area contributed by atoms with Gasteiger partial charge in [0.05, 0.1) is 10.5 Å². The van der Waals surface area contributed by atoms with Gasteiger partial charge in [-0.15, -0.1) is 0 Å². The topological polar surface area (TPSA) is 111 Å². The summed E-state index contributed by atoms with van der Waals surface area (Å²) in [6.07, 6.45) is 6.60. The number of hydrogen-bond donors (Lipinski definition) is 2. The lowest BCUT2D eigenvalue weighted by molar-refractivity contribution is -0.384. The first kappa shape index (κ1) is 20.4. The minimum absolute atomic E-state index is 0.0210. The van der Waals surface area contributed by atoms with Crippen LogP contribution in [-0.2, 0) is 9.53 Å². The Labute approximate surface area is 158 Å². The van der Waals surface area contributed by atoms with Gasteiger partial charge in [-0.05, 0) is 51.2 Å². The molecule has 1 aromatic carbocycles. The maximum absolute atomic E-state index is 12.2. The van der Waals surface area contributed by atoms with Crippen LogP contribution >= 0.6 is 0 Å². The molecule has 0 spiro atoms. The summed E-state index contributed by atoms with van der Waals surface area (Å²) in [5, 5.41) is 16.5. The Kier molecular flexibility index (Phi) is 7.34. The molecule has 8 heteroatoms. The zero-order chi connectivity index (χ0) is 19.8. The minimum atomic E-state index is -0.985. The number of nitro groups is 1. The number of carbonyl (C=O) groups is 2. The van der Waals surface area contributed by atoms with Gasteiger partial charge in [0.2, 0.25) is 0 Å². The molecule has 8 nitrogen and oxygen atoms in total. The summed E-state index contributed by atoms with van der Waals surface area (Å²) in [6, 6.07) is 3.98. The number of rotatable bonds is 8. The SMILES string of the molecule is CNc1ccc(C(=O)O[C@H](C)C(=O)NCCC2=CCCCC2)cc1[N+](=O)[O-]. The summed E-state index contributed by atoms with van der Waals surface area (Å²) in [6.45, 7) is 1.97. The van der Waals surface area contributed by atoms with Crippen LogP contribution in [0.3, 0.4) is 0 Å². The normalized spacial score (nSPS) is 14.7. The van der Waals surface area contributed by atoms with Gasteiger partial charge in [-0.3, -0.25) is 14.9 Å². The van der Waals surface area contributed by atoms with Crippen molar-refractivity contribution in [1.29, 1.82) is 0 Å². The van der Waals surface area contributed by atoms with Gasteiger partial charge < -0.3 is 15.4 Å². The first-order valence-electron chi connectivity index (χ1n) is 9.05. The van der Waals surface area contributed by atoms with Crippen LogP contribution in [0.15, 0.2) is 29.8 Å². The molecule has 27 heavy (non-hydrogen) atoms. The van der Waals surface area contributed by atoms with E-state index in [1.165, 1.54) is 37.5 Å². The number of amides is 1. The van der Waals surface area contributed by atoms with Crippen LogP contribution in [0.4, 0.5) is 11.4 Å². The van der Waals surface area contributed by atoms with Crippen LogP contribution < -0.4 is 10.6 Å². The lowest BCUT2D eigenvalue weighted by Gasteiger charge is -2.15. The quantitative estimate of drug-likeness (QED) is 0.312. The predicted molar refractivity (Wildman–Crippen MR) is 102 cm³/mol. The lowest BCUT2D eigenvalue weighted by Crippen LogP contribution is -2.36. The fourth-order valence-electron chi connectivity index (χ4n) is 2.92. The number of allylic oxidation sites excluding steroid dienone is 1.